The lowest BCUT2D eigenvalue weighted by molar-refractivity contribution is -0.139. The van der Waals surface area contributed by atoms with Crippen molar-refractivity contribution in [1.82, 2.24) is 5.32 Å². The van der Waals surface area contributed by atoms with Crippen LogP contribution in [0.3, 0.4) is 0 Å². The second-order valence-electron chi connectivity index (χ2n) is 4.11. The lowest BCUT2D eigenvalue weighted by Crippen LogP contribution is -2.43. The van der Waals surface area contributed by atoms with Gasteiger partial charge in [0.2, 0.25) is 0 Å². The Kier molecular flexibility index (Phi) is 7.34. The van der Waals surface area contributed by atoms with E-state index in [1.54, 1.807) is 13.8 Å². The first-order valence-corrected chi connectivity index (χ1v) is 5.49. The second-order valence-corrected chi connectivity index (χ2v) is 4.11. The molecule has 0 aromatic rings. The highest BCUT2D eigenvalue weighted by atomic mass is 16.5. The molecule has 0 bridgehead atoms. The summed E-state index contributed by atoms with van der Waals surface area (Å²) in [6, 6.07) is 0. The number of hydrogen-bond acceptors (Lipinski definition) is 3. The maximum atomic E-state index is 11.5. The van der Waals surface area contributed by atoms with Gasteiger partial charge in [0.15, 0.2) is 0 Å². The molecule has 0 aliphatic rings. The number of amides is 1. The van der Waals surface area contributed by atoms with Crippen LogP contribution in [0.5, 0.6) is 0 Å². The average molecular weight is 217 g/mol. The fraction of sp³-hybridized carbons (Fsp3) is 0.909. The molecule has 0 aliphatic carbocycles. The van der Waals surface area contributed by atoms with Gasteiger partial charge in [0.05, 0.1) is 0 Å². The minimum absolute atomic E-state index is 0.0767. The molecular weight excluding hydrogens is 194 g/mol. The Morgan fingerprint density at radius 3 is 2.40 bits per heavy atom. The van der Waals surface area contributed by atoms with Gasteiger partial charge in [-0.25, -0.2) is 0 Å². The molecule has 2 N–H and O–H groups in total. The Bertz CT molecular complexity index is 181. The van der Waals surface area contributed by atoms with Gasteiger partial charge in [0, 0.05) is 20.3 Å². The van der Waals surface area contributed by atoms with E-state index >= 15 is 0 Å². The van der Waals surface area contributed by atoms with E-state index in [4.69, 9.17) is 9.84 Å². The van der Waals surface area contributed by atoms with Crippen molar-refractivity contribution < 1.29 is 14.6 Å². The SMILES string of the molecule is COC(C)(C)C(=O)NCCCCCCO. The molecule has 0 saturated heterocycles. The highest BCUT2D eigenvalue weighted by molar-refractivity contribution is 5.84. The van der Waals surface area contributed by atoms with Gasteiger partial charge < -0.3 is 15.2 Å². The molecule has 1 amide bonds. The van der Waals surface area contributed by atoms with Gasteiger partial charge in [-0.2, -0.15) is 0 Å². The van der Waals surface area contributed by atoms with Crippen molar-refractivity contribution in [3.63, 3.8) is 0 Å². The molecule has 0 aromatic carbocycles. The molecule has 0 aromatic heterocycles. The summed E-state index contributed by atoms with van der Waals surface area (Å²) in [4.78, 5) is 11.5. The lowest BCUT2D eigenvalue weighted by Gasteiger charge is -2.21. The number of ether oxygens (including phenoxy) is 1. The molecule has 0 spiro atoms. The minimum Gasteiger partial charge on any atom is -0.396 e. The van der Waals surface area contributed by atoms with E-state index in [2.05, 4.69) is 5.32 Å². The summed E-state index contributed by atoms with van der Waals surface area (Å²) in [5, 5.41) is 11.4. The van der Waals surface area contributed by atoms with Crippen molar-refractivity contribution in [2.45, 2.75) is 45.1 Å². The highest BCUT2D eigenvalue weighted by Gasteiger charge is 2.25. The van der Waals surface area contributed by atoms with Crippen LogP contribution in [0.1, 0.15) is 39.5 Å². The van der Waals surface area contributed by atoms with Crippen LogP contribution in [0.25, 0.3) is 0 Å². The molecule has 0 fully saturated rings. The predicted molar refractivity (Wildman–Crippen MR) is 59.7 cm³/mol. The van der Waals surface area contributed by atoms with E-state index in [0.29, 0.717) is 6.54 Å². The smallest absolute Gasteiger partial charge is 0.251 e. The van der Waals surface area contributed by atoms with Crippen LogP contribution in [0.4, 0.5) is 0 Å². The summed E-state index contributed by atoms with van der Waals surface area (Å²) in [6.07, 6.45) is 3.84. The van der Waals surface area contributed by atoms with Crippen LogP contribution in [0.2, 0.25) is 0 Å². The zero-order valence-corrected chi connectivity index (χ0v) is 10.0. The van der Waals surface area contributed by atoms with E-state index in [-0.39, 0.29) is 12.5 Å². The molecule has 0 saturated carbocycles. The molecule has 0 atom stereocenters. The van der Waals surface area contributed by atoms with Crippen molar-refractivity contribution in [1.29, 1.82) is 0 Å². The maximum Gasteiger partial charge on any atom is 0.251 e. The molecular formula is C11H23NO3. The number of unbranched alkanes of at least 4 members (excludes halogenated alkanes) is 3. The van der Waals surface area contributed by atoms with Crippen LogP contribution in [0.15, 0.2) is 0 Å². The van der Waals surface area contributed by atoms with Gasteiger partial charge in [-0.3, -0.25) is 4.79 Å². The first kappa shape index (κ1) is 14.4. The van der Waals surface area contributed by atoms with Gasteiger partial charge in [0.1, 0.15) is 5.60 Å². The fourth-order valence-corrected chi connectivity index (χ4v) is 1.10. The summed E-state index contributed by atoms with van der Waals surface area (Å²) in [6.45, 7) is 4.42. The van der Waals surface area contributed by atoms with Gasteiger partial charge in [-0.1, -0.05) is 12.8 Å². The van der Waals surface area contributed by atoms with Crippen LogP contribution >= 0.6 is 0 Å². The van der Waals surface area contributed by atoms with Crippen molar-refractivity contribution in [3.05, 3.63) is 0 Å². The number of carbonyl (C=O) groups is 1. The summed E-state index contributed by atoms with van der Waals surface area (Å²) in [5.41, 5.74) is -0.745. The topological polar surface area (TPSA) is 58.6 Å². The summed E-state index contributed by atoms with van der Waals surface area (Å²) >= 11 is 0. The predicted octanol–water partition coefficient (Wildman–Crippen LogP) is 1.08. The summed E-state index contributed by atoms with van der Waals surface area (Å²) in [5.74, 6) is -0.0767. The number of aliphatic hydroxyl groups is 1. The van der Waals surface area contributed by atoms with Crippen LogP contribution in [-0.2, 0) is 9.53 Å². The summed E-state index contributed by atoms with van der Waals surface area (Å²) < 4.78 is 5.05. The molecule has 0 heterocycles. The molecule has 0 unspecified atom stereocenters. The van der Waals surface area contributed by atoms with Crippen molar-refractivity contribution in [2.24, 2.45) is 0 Å². The largest absolute Gasteiger partial charge is 0.396 e. The number of carbonyl (C=O) groups excluding carboxylic acids is 1. The van der Waals surface area contributed by atoms with E-state index in [1.165, 1.54) is 7.11 Å². The van der Waals surface area contributed by atoms with E-state index in [1.807, 2.05) is 0 Å². The lowest BCUT2D eigenvalue weighted by atomic mass is 10.1. The molecule has 0 radical (unpaired) electrons. The Labute approximate surface area is 92.0 Å². The van der Waals surface area contributed by atoms with Crippen molar-refractivity contribution in [3.8, 4) is 0 Å². The molecule has 4 nitrogen and oxygen atoms in total. The van der Waals surface area contributed by atoms with Gasteiger partial charge in [0.25, 0.3) is 5.91 Å². The number of rotatable bonds is 8. The number of methoxy groups -OCH3 is 1. The Balaban J connectivity index is 3.47. The zero-order valence-electron chi connectivity index (χ0n) is 10.0. The third-order valence-corrected chi connectivity index (χ3v) is 2.43. The first-order valence-electron chi connectivity index (χ1n) is 5.49. The van der Waals surface area contributed by atoms with E-state index in [9.17, 15) is 4.79 Å². The van der Waals surface area contributed by atoms with Crippen molar-refractivity contribution >= 4 is 5.91 Å². The van der Waals surface area contributed by atoms with Crippen LogP contribution in [-0.4, -0.2) is 36.9 Å². The van der Waals surface area contributed by atoms with Crippen LogP contribution in [0, 0.1) is 0 Å². The summed E-state index contributed by atoms with van der Waals surface area (Å²) in [7, 11) is 1.53. The molecule has 90 valence electrons. The number of nitrogens with one attached hydrogen (secondary N) is 1. The van der Waals surface area contributed by atoms with Gasteiger partial charge in [-0.05, 0) is 26.7 Å². The van der Waals surface area contributed by atoms with E-state index < -0.39 is 5.60 Å². The monoisotopic (exact) mass is 217 g/mol. The van der Waals surface area contributed by atoms with Crippen molar-refractivity contribution in [2.75, 3.05) is 20.3 Å². The molecule has 0 rings (SSSR count). The highest BCUT2D eigenvalue weighted by Crippen LogP contribution is 2.07. The zero-order chi connectivity index (χ0) is 11.7. The van der Waals surface area contributed by atoms with Gasteiger partial charge in [-0.15, -0.1) is 0 Å². The molecule has 15 heavy (non-hydrogen) atoms. The Hall–Kier alpha value is -0.610. The van der Waals surface area contributed by atoms with Crippen LogP contribution < -0.4 is 5.32 Å². The van der Waals surface area contributed by atoms with E-state index in [0.717, 1.165) is 25.7 Å². The Morgan fingerprint density at radius 1 is 1.27 bits per heavy atom. The maximum absolute atomic E-state index is 11.5. The second kappa shape index (κ2) is 7.65. The first-order chi connectivity index (χ1) is 7.04. The number of aliphatic hydroxyl groups excluding tert-OH is 1. The fourth-order valence-electron chi connectivity index (χ4n) is 1.10. The van der Waals surface area contributed by atoms with Gasteiger partial charge >= 0.3 is 0 Å². The molecule has 4 heteroatoms. The minimum atomic E-state index is -0.745. The Morgan fingerprint density at radius 2 is 1.87 bits per heavy atom. The number of hydrogen-bond donors (Lipinski definition) is 2. The standard InChI is InChI=1S/C11H23NO3/c1-11(2,15-3)10(14)12-8-6-4-5-7-9-13/h13H,4-9H2,1-3H3,(H,12,14). The average Bonchev–Trinajstić information content (AvgIpc) is 2.22. The third-order valence-electron chi connectivity index (χ3n) is 2.43. The normalized spacial score (nSPS) is 11.5. The molecule has 0 aliphatic heterocycles. The quantitative estimate of drug-likeness (QED) is 0.598. The third kappa shape index (κ3) is 6.47.